The van der Waals surface area contributed by atoms with Crippen molar-refractivity contribution in [3.8, 4) is 11.5 Å². The number of phenolic OH excluding ortho intramolecular Hbond substituents is 1. The number of fused-ring (bicyclic) bond motifs is 1. The minimum atomic E-state index is -4.87. The van der Waals surface area contributed by atoms with E-state index >= 15 is 0 Å². The summed E-state index contributed by atoms with van der Waals surface area (Å²) in [5.74, 6) is -0.787. The molecular formula is C18H16F4N4O2. The van der Waals surface area contributed by atoms with Gasteiger partial charge in [0.25, 0.3) is 0 Å². The van der Waals surface area contributed by atoms with Crippen LogP contribution in [0.15, 0.2) is 24.3 Å². The number of aromatic nitrogens is 2. The van der Waals surface area contributed by atoms with E-state index in [1.807, 2.05) is 0 Å². The van der Waals surface area contributed by atoms with Crippen LogP contribution in [0.1, 0.15) is 17.0 Å². The molecule has 148 valence electrons. The number of hydrogen-bond acceptors (Lipinski definition) is 6. The molecule has 0 aliphatic carbocycles. The van der Waals surface area contributed by atoms with Crippen molar-refractivity contribution in [2.75, 3.05) is 18.2 Å². The van der Waals surface area contributed by atoms with Crippen molar-refractivity contribution in [1.82, 2.24) is 9.97 Å². The van der Waals surface area contributed by atoms with Crippen LogP contribution in [-0.2, 0) is 12.7 Å². The second-order valence-corrected chi connectivity index (χ2v) is 6.05. The standard InChI is InChI=1S/C18H16F4N4O2/c1-8-25-13-6-15(28-2)14(27)5-11(13)17(26-8)24-7-9-3-10(23)4-12(16(9)19)18(20,21)22/h3-6,27H,7,23H2,1-2H3,(H,24,25,26). The molecule has 3 rings (SSSR count). The maximum Gasteiger partial charge on any atom is 0.419 e. The number of hydrogen-bond donors (Lipinski definition) is 3. The van der Waals surface area contributed by atoms with Crippen LogP contribution < -0.4 is 15.8 Å². The average Bonchev–Trinajstić information content (AvgIpc) is 2.60. The van der Waals surface area contributed by atoms with Gasteiger partial charge in [-0.25, -0.2) is 14.4 Å². The molecule has 0 radical (unpaired) electrons. The molecule has 1 heterocycles. The molecule has 0 amide bonds. The number of nitrogens with zero attached hydrogens (tertiary/aromatic N) is 2. The lowest BCUT2D eigenvalue weighted by Crippen LogP contribution is -2.13. The van der Waals surface area contributed by atoms with Crippen LogP contribution in [0.25, 0.3) is 10.9 Å². The monoisotopic (exact) mass is 396 g/mol. The van der Waals surface area contributed by atoms with Gasteiger partial charge in [-0.2, -0.15) is 13.2 Å². The topological polar surface area (TPSA) is 93.3 Å². The lowest BCUT2D eigenvalue weighted by Gasteiger charge is -2.15. The third-order valence-electron chi connectivity index (χ3n) is 4.03. The van der Waals surface area contributed by atoms with Crippen LogP contribution in [0.5, 0.6) is 11.5 Å². The number of anilines is 2. The van der Waals surface area contributed by atoms with Crippen LogP contribution in [0.3, 0.4) is 0 Å². The number of alkyl halides is 3. The van der Waals surface area contributed by atoms with Crippen LogP contribution in [-0.4, -0.2) is 22.2 Å². The summed E-state index contributed by atoms with van der Waals surface area (Å²) in [6.07, 6.45) is -4.87. The molecule has 6 nitrogen and oxygen atoms in total. The molecule has 28 heavy (non-hydrogen) atoms. The number of aryl methyl sites for hydroxylation is 1. The zero-order valence-electron chi connectivity index (χ0n) is 14.9. The lowest BCUT2D eigenvalue weighted by atomic mass is 10.1. The first-order valence-electron chi connectivity index (χ1n) is 8.04. The molecule has 0 aliphatic rings. The van der Waals surface area contributed by atoms with Crippen LogP contribution in [0, 0.1) is 12.7 Å². The van der Waals surface area contributed by atoms with Gasteiger partial charge in [-0.1, -0.05) is 0 Å². The number of methoxy groups -OCH3 is 1. The zero-order valence-corrected chi connectivity index (χ0v) is 14.9. The normalized spacial score (nSPS) is 11.6. The molecule has 0 spiro atoms. The molecule has 0 fully saturated rings. The van der Waals surface area contributed by atoms with E-state index in [-0.39, 0.29) is 35.1 Å². The van der Waals surface area contributed by atoms with E-state index in [2.05, 4.69) is 15.3 Å². The molecule has 0 aliphatic heterocycles. The van der Waals surface area contributed by atoms with E-state index in [1.54, 1.807) is 6.92 Å². The largest absolute Gasteiger partial charge is 0.504 e. The Bertz CT molecular complexity index is 1050. The Balaban J connectivity index is 2.01. The zero-order chi connectivity index (χ0) is 20.6. The fourth-order valence-electron chi connectivity index (χ4n) is 2.78. The SMILES string of the molecule is COc1cc2nc(C)nc(NCc3cc(N)cc(C(F)(F)F)c3F)c2cc1O. The highest BCUT2D eigenvalue weighted by Crippen LogP contribution is 2.35. The highest BCUT2D eigenvalue weighted by atomic mass is 19.4. The van der Waals surface area contributed by atoms with Crippen molar-refractivity contribution in [1.29, 1.82) is 0 Å². The number of nitrogens with one attached hydrogen (secondary N) is 1. The van der Waals surface area contributed by atoms with Gasteiger partial charge in [0.2, 0.25) is 0 Å². The Morgan fingerprint density at radius 3 is 2.54 bits per heavy atom. The average molecular weight is 396 g/mol. The molecule has 4 N–H and O–H groups in total. The Kier molecular flexibility index (Phi) is 4.88. The van der Waals surface area contributed by atoms with Gasteiger partial charge in [0.1, 0.15) is 17.5 Å². The maximum atomic E-state index is 14.3. The first-order chi connectivity index (χ1) is 13.1. The first kappa shape index (κ1) is 19.5. The van der Waals surface area contributed by atoms with Crippen LogP contribution in [0.2, 0.25) is 0 Å². The molecular weight excluding hydrogens is 380 g/mol. The Hall–Kier alpha value is -3.30. The fourth-order valence-corrected chi connectivity index (χ4v) is 2.78. The maximum absolute atomic E-state index is 14.3. The van der Waals surface area contributed by atoms with Crippen molar-refractivity contribution >= 4 is 22.4 Å². The fraction of sp³-hybridized carbons (Fsp3) is 0.222. The molecule has 0 saturated heterocycles. The molecule has 0 saturated carbocycles. The second-order valence-electron chi connectivity index (χ2n) is 6.05. The van der Waals surface area contributed by atoms with E-state index in [0.717, 1.165) is 6.07 Å². The summed E-state index contributed by atoms with van der Waals surface area (Å²) in [4.78, 5) is 8.42. The number of nitrogens with two attached hydrogens (primary N) is 1. The Morgan fingerprint density at radius 2 is 1.89 bits per heavy atom. The summed E-state index contributed by atoms with van der Waals surface area (Å²) in [5, 5.41) is 13.2. The van der Waals surface area contributed by atoms with Gasteiger partial charge in [0.05, 0.1) is 18.2 Å². The minimum absolute atomic E-state index is 0.167. The molecule has 3 aromatic rings. The number of halogens is 4. The van der Waals surface area contributed by atoms with Crippen molar-refractivity contribution in [2.45, 2.75) is 19.6 Å². The molecule has 1 aromatic heterocycles. The summed E-state index contributed by atoms with van der Waals surface area (Å²) in [5.41, 5.74) is 4.02. The van der Waals surface area contributed by atoms with E-state index in [1.165, 1.54) is 19.2 Å². The summed E-state index contributed by atoms with van der Waals surface area (Å²) < 4.78 is 58.3. The van der Waals surface area contributed by atoms with Gasteiger partial charge in [0.15, 0.2) is 11.5 Å². The van der Waals surface area contributed by atoms with Gasteiger partial charge in [-0.05, 0) is 25.1 Å². The van der Waals surface area contributed by atoms with E-state index in [9.17, 15) is 22.7 Å². The van der Waals surface area contributed by atoms with Gasteiger partial charge < -0.3 is 20.9 Å². The summed E-state index contributed by atoms with van der Waals surface area (Å²) >= 11 is 0. The van der Waals surface area contributed by atoms with Crippen molar-refractivity contribution in [2.24, 2.45) is 0 Å². The molecule has 10 heteroatoms. The van der Waals surface area contributed by atoms with Crippen molar-refractivity contribution in [3.63, 3.8) is 0 Å². The van der Waals surface area contributed by atoms with Crippen molar-refractivity contribution in [3.05, 3.63) is 47.0 Å². The predicted octanol–water partition coefficient (Wildman–Crippen LogP) is 4.00. The number of ether oxygens (including phenoxy) is 1. The number of benzene rings is 2. The van der Waals surface area contributed by atoms with Gasteiger partial charge >= 0.3 is 6.18 Å². The first-order valence-corrected chi connectivity index (χ1v) is 8.04. The van der Waals surface area contributed by atoms with Crippen LogP contribution in [0.4, 0.5) is 29.1 Å². The van der Waals surface area contributed by atoms with Gasteiger partial charge in [-0.3, -0.25) is 0 Å². The summed E-state index contributed by atoms with van der Waals surface area (Å²) in [6, 6.07) is 4.52. The number of aromatic hydroxyl groups is 1. The molecule has 0 unspecified atom stereocenters. The Labute approximate surface area is 157 Å². The minimum Gasteiger partial charge on any atom is -0.504 e. The van der Waals surface area contributed by atoms with E-state index in [0.29, 0.717) is 22.8 Å². The summed E-state index contributed by atoms with van der Waals surface area (Å²) in [6.45, 7) is 1.31. The Morgan fingerprint density at radius 1 is 1.18 bits per heavy atom. The number of phenols is 1. The molecule has 0 atom stereocenters. The predicted molar refractivity (Wildman–Crippen MR) is 95.6 cm³/mol. The lowest BCUT2D eigenvalue weighted by molar-refractivity contribution is -0.140. The quantitative estimate of drug-likeness (QED) is 0.456. The van der Waals surface area contributed by atoms with Gasteiger partial charge in [0, 0.05) is 29.2 Å². The van der Waals surface area contributed by atoms with Crippen molar-refractivity contribution < 1.29 is 27.4 Å². The third-order valence-corrected chi connectivity index (χ3v) is 4.03. The third kappa shape index (κ3) is 3.71. The second kappa shape index (κ2) is 7.02. The number of nitrogen functional groups attached to an aromatic ring is 1. The van der Waals surface area contributed by atoms with Crippen LogP contribution >= 0.6 is 0 Å². The highest BCUT2D eigenvalue weighted by Gasteiger charge is 2.35. The molecule has 2 aromatic carbocycles. The highest BCUT2D eigenvalue weighted by molar-refractivity contribution is 5.91. The number of rotatable bonds is 4. The smallest absolute Gasteiger partial charge is 0.419 e. The summed E-state index contributed by atoms with van der Waals surface area (Å²) in [7, 11) is 1.38. The van der Waals surface area contributed by atoms with Gasteiger partial charge in [-0.15, -0.1) is 0 Å². The molecule has 0 bridgehead atoms. The van der Waals surface area contributed by atoms with E-state index in [4.69, 9.17) is 10.5 Å². The van der Waals surface area contributed by atoms with E-state index < -0.39 is 17.6 Å².